The van der Waals surface area contributed by atoms with Crippen LogP contribution in [0.5, 0.6) is 0 Å². The smallest absolute Gasteiger partial charge is 0.221 e. The van der Waals surface area contributed by atoms with Crippen molar-refractivity contribution in [3.8, 4) is 22.9 Å². The molecule has 3 aromatic heterocycles. The average molecular weight is 307 g/mol. The second kappa shape index (κ2) is 5.49. The lowest BCUT2D eigenvalue weighted by Gasteiger charge is -2.15. The van der Waals surface area contributed by atoms with Crippen molar-refractivity contribution in [3.63, 3.8) is 0 Å². The summed E-state index contributed by atoms with van der Waals surface area (Å²) in [6.45, 7) is 0.478. The number of nitrogens with two attached hydrogens (primary N) is 1. The number of anilines is 1. The van der Waals surface area contributed by atoms with E-state index in [1.807, 2.05) is 24.3 Å². The minimum absolute atomic E-state index is 0.156. The van der Waals surface area contributed by atoms with Gasteiger partial charge in [-0.1, -0.05) is 0 Å². The van der Waals surface area contributed by atoms with Crippen LogP contribution < -0.4 is 5.73 Å². The zero-order valence-corrected chi connectivity index (χ0v) is 12.1. The number of allylic oxidation sites excluding steroid dienone is 2. The summed E-state index contributed by atoms with van der Waals surface area (Å²) in [7, 11) is 0. The molecule has 0 unspecified atom stereocenters. The molecule has 0 fully saturated rings. The molecule has 0 bridgehead atoms. The molecular weight excluding hydrogens is 294 g/mol. The molecule has 6 nitrogen and oxygen atoms in total. The van der Waals surface area contributed by atoms with Crippen LogP contribution in [0.3, 0.4) is 0 Å². The van der Waals surface area contributed by atoms with Crippen molar-refractivity contribution in [1.82, 2.24) is 9.97 Å². The minimum Gasteiger partial charge on any atom is -0.497 e. The molecule has 2 N–H and O–H groups in total. The van der Waals surface area contributed by atoms with Gasteiger partial charge in [-0.15, -0.1) is 0 Å². The fourth-order valence-electron chi connectivity index (χ4n) is 2.50. The topological polar surface area (TPSA) is 87.3 Å². The van der Waals surface area contributed by atoms with E-state index < -0.39 is 0 Å². The number of rotatable bonds is 3. The van der Waals surface area contributed by atoms with Gasteiger partial charge in [0.05, 0.1) is 18.8 Å². The molecule has 114 valence electrons. The van der Waals surface area contributed by atoms with Crippen LogP contribution >= 0.6 is 0 Å². The molecule has 1 aliphatic heterocycles. The summed E-state index contributed by atoms with van der Waals surface area (Å²) < 4.78 is 16.3. The van der Waals surface area contributed by atoms with Crippen LogP contribution in [0.2, 0.25) is 0 Å². The second-order valence-electron chi connectivity index (χ2n) is 4.90. The van der Waals surface area contributed by atoms with Gasteiger partial charge in [-0.05, 0) is 42.0 Å². The largest absolute Gasteiger partial charge is 0.497 e. The number of furan rings is 2. The molecule has 0 saturated heterocycles. The lowest BCUT2D eigenvalue weighted by Crippen LogP contribution is -2.05. The van der Waals surface area contributed by atoms with Gasteiger partial charge in [0.2, 0.25) is 5.95 Å². The van der Waals surface area contributed by atoms with E-state index in [-0.39, 0.29) is 5.95 Å². The Labute approximate surface area is 131 Å². The normalized spacial score (nSPS) is 13.7. The summed E-state index contributed by atoms with van der Waals surface area (Å²) >= 11 is 0. The van der Waals surface area contributed by atoms with Gasteiger partial charge in [-0.3, -0.25) is 0 Å². The van der Waals surface area contributed by atoms with Crippen LogP contribution in [0.1, 0.15) is 5.56 Å². The third-order valence-corrected chi connectivity index (χ3v) is 3.47. The van der Waals surface area contributed by atoms with Gasteiger partial charge in [0, 0.05) is 5.56 Å². The Morgan fingerprint density at radius 2 is 1.61 bits per heavy atom. The molecular formula is C17H13N3O3. The fraction of sp³-hybridized carbons (Fsp3) is 0.0588. The molecule has 0 atom stereocenters. The highest BCUT2D eigenvalue weighted by atomic mass is 16.5. The molecule has 0 radical (unpaired) electrons. The Morgan fingerprint density at radius 1 is 0.957 bits per heavy atom. The lowest BCUT2D eigenvalue weighted by atomic mass is 9.98. The van der Waals surface area contributed by atoms with E-state index in [1.54, 1.807) is 30.9 Å². The molecule has 6 heteroatoms. The first-order chi connectivity index (χ1) is 11.3. The van der Waals surface area contributed by atoms with Gasteiger partial charge < -0.3 is 19.3 Å². The number of hydrogen-bond donors (Lipinski definition) is 1. The van der Waals surface area contributed by atoms with Crippen LogP contribution in [0.25, 0.3) is 28.5 Å². The fourth-order valence-corrected chi connectivity index (χ4v) is 2.50. The predicted molar refractivity (Wildman–Crippen MR) is 84.9 cm³/mol. The van der Waals surface area contributed by atoms with Crippen molar-refractivity contribution in [2.24, 2.45) is 0 Å². The molecule has 4 rings (SSSR count). The van der Waals surface area contributed by atoms with Crippen LogP contribution in [-0.4, -0.2) is 16.6 Å². The third kappa shape index (κ3) is 2.40. The summed E-state index contributed by atoms with van der Waals surface area (Å²) in [5.41, 5.74) is 8.86. The minimum atomic E-state index is 0.156. The lowest BCUT2D eigenvalue weighted by molar-refractivity contribution is 0.287. The van der Waals surface area contributed by atoms with E-state index in [4.69, 9.17) is 19.3 Å². The maximum absolute atomic E-state index is 5.90. The monoisotopic (exact) mass is 307 g/mol. The van der Waals surface area contributed by atoms with Crippen LogP contribution in [0, 0.1) is 0 Å². The Balaban J connectivity index is 2.02. The van der Waals surface area contributed by atoms with Gasteiger partial charge >= 0.3 is 0 Å². The highest BCUT2D eigenvalue weighted by Crippen LogP contribution is 2.37. The SMILES string of the molecule is Nc1nc(-c2ccco2)c(C2=CCOC=C2)c(-c2ccco2)n1. The maximum Gasteiger partial charge on any atom is 0.221 e. The quantitative estimate of drug-likeness (QED) is 0.796. The molecule has 3 aromatic rings. The van der Waals surface area contributed by atoms with Crippen molar-refractivity contribution in [2.75, 3.05) is 12.3 Å². The molecule has 4 heterocycles. The Hall–Kier alpha value is -3.28. The highest BCUT2D eigenvalue weighted by molar-refractivity contribution is 5.90. The average Bonchev–Trinajstić information content (AvgIpc) is 3.28. The third-order valence-electron chi connectivity index (χ3n) is 3.47. The first-order valence-corrected chi connectivity index (χ1v) is 7.07. The van der Waals surface area contributed by atoms with Crippen LogP contribution in [0.4, 0.5) is 5.95 Å². The molecule has 0 aromatic carbocycles. The van der Waals surface area contributed by atoms with Gasteiger partial charge in [0.1, 0.15) is 18.0 Å². The number of nitrogen functional groups attached to an aromatic ring is 1. The van der Waals surface area contributed by atoms with E-state index in [2.05, 4.69) is 9.97 Å². The van der Waals surface area contributed by atoms with Crippen molar-refractivity contribution < 1.29 is 13.6 Å². The van der Waals surface area contributed by atoms with Gasteiger partial charge in [-0.25, -0.2) is 9.97 Å². The summed E-state index contributed by atoms with van der Waals surface area (Å²) in [6, 6.07) is 7.28. The van der Waals surface area contributed by atoms with Crippen molar-refractivity contribution >= 4 is 11.5 Å². The summed E-state index contributed by atoms with van der Waals surface area (Å²) in [6.07, 6.45) is 8.64. The van der Waals surface area contributed by atoms with Crippen LogP contribution in [0.15, 0.2) is 64.0 Å². The standard InChI is InChI=1S/C17H13N3O3/c18-17-19-15(12-3-1-7-22-12)14(11-5-9-21-10-6-11)16(20-17)13-4-2-8-23-13/h1-9H,10H2,(H2,18,19,20). The Bertz CT molecular complexity index is 823. The number of hydrogen-bond acceptors (Lipinski definition) is 6. The van der Waals surface area contributed by atoms with Crippen LogP contribution in [-0.2, 0) is 4.74 Å². The Morgan fingerprint density at radius 3 is 2.09 bits per heavy atom. The first-order valence-electron chi connectivity index (χ1n) is 7.07. The molecule has 0 amide bonds. The van der Waals surface area contributed by atoms with E-state index in [9.17, 15) is 0 Å². The summed E-state index contributed by atoms with van der Waals surface area (Å²) in [5.74, 6) is 1.38. The van der Waals surface area contributed by atoms with Gasteiger partial charge in [-0.2, -0.15) is 0 Å². The van der Waals surface area contributed by atoms with Gasteiger partial charge in [0.25, 0.3) is 0 Å². The molecule has 1 aliphatic rings. The zero-order valence-electron chi connectivity index (χ0n) is 12.1. The number of nitrogens with zero attached hydrogens (tertiary/aromatic N) is 2. The number of aromatic nitrogens is 2. The zero-order chi connectivity index (χ0) is 15.6. The molecule has 0 spiro atoms. The van der Waals surface area contributed by atoms with E-state index in [0.717, 1.165) is 11.1 Å². The summed E-state index contributed by atoms with van der Waals surface area (Å²) in [5, 5.41) is 0. The molecule has 0 aliphatic carbocycles. The first kappa shape index (κ1) is 13.4. The van der Waals surface area contributed by atoms with Crippen molar-refractivity contribution in [3.05, 3.63) is 60.8 Å². The van der Waals surface area contributed by atoms with E-state index in [1.165, 1.54) is 0 Å². The van der Waals surface area contributed by atoms with Gasteiger partial charge in [0.15, 0.2) is 11.5 Å². The Kier molecular flexibility index (Phi) is 3.20. The van der Waals surface area contributed by atoms with E-state index >= 15 is 0 Å². The van der Waals surface area contributed by atoms with E-state index in [0.29, 0.717) is 29.5 Å². The predicted octanol–water partition coefficient (Wildman–Crippen LogP) is 3.51. The van der Waals surface area contributed by atoms with Crippen molar-refractivity contribution in [1.29, 1.82) is 0 Å². The maximum atomic E-state index is 5.90. The second-order valence-corrected chi connectivity index (χ2v) is 4.90. The number of ether oxygens (including phenoxy) is 1. The molecule has 0 saturated carbocycles. The van der Waals surface area contributed by atoms with Crippen molar-refractivity contribution in [2.45, 2.75) is 0 Å². The molecule has 23 heavy (non-hydrogen) atoms. The highest BCUT2D eigenvalue weighted by Gasteiger charge is 2.22. The summed E-state index contributed by atoms with van der Waals surface area (Å²) in [4.78, 5) is 8.75.